The number of fused-ring (bicyclic) bond motifs is 7. The van der Waals surface area contributed by atoms with Crippen LogP contribution < -0.4 is 0 Å². The van der Waals surface area contributed by atoms with Gasteiger partial charge in [0.25, 0.3) is 0 Å². The fourth-order valence-corrected chi connectivity index (χ4v) is 12.0. The maximum Gasteiger partial charge on any atom is 0.331 e. The standard InChI is InChI=1S/C39H54O7/c1-34(2)16-18-39(33(44)45)19-17-37(6)24(25(39)21-34)10-12-30-36(5)22-28(42)32(35(3,4)29(36)14-15-38(30,37)7)46-31(43)13-9-23-8-11-26(40)27(41)20-23/h8-11,13,20,25,28-30,32,40-42H,12,14-19,21-22H2,1-7H3,(H,44,45)/b13-9+/t25-,28+,29-,30+,32-,36-,37+,38+,39-/m0/s1. The van der Waals surface area contributed by atoms with Crippen LogP contribution in [0.5, 0.6) is 11.5 Å². The molecular formula is C39H54O7. The zero-order valence-electron chi connectivity index (χ0n) is 28.7. The summed E-state index contributed by atoms with van der Waals surface area (Å²) in [7, 11) is 0. The molecule has 0 aliphatic heterocycles. The van der Waals surface area contributed by atoms with Gasteiger partial charge in [-0.25, -0.2) is 4.79 Å². The Morgan fingerprint density at radius 3 is 2.26 bits per heavy atom. The summed E-state index contributed by atoms with van der Waals surface area (Å²) in [4.78, 5) is 26.0. The molecule has 1 aromatic carbocycles. The number of hydrogen-bond acceptors (Lipinski definition) is 6. The average Bonchev–Trinajstić information content (AvgIpc) is 2.95. The summed E-state index contributed by atoms with van der Waals surface area (Å²) in [5.74, 6) is -1.06. The number of esters is 1. The van der Waals surface area contributed by atoms with E-state index in [4.69, 9.17) is 4.74 Å². The van der Waals surface area contributed by atoms with E-state index in [1.54, 1.807) is 6.07 Å². The SMILES string of the molecule is CC1(C)CC[C@]2(C(=O)O)CC[C@]3(C)C(=CC[C@@H]4[C@@]5(C)C[C@@H](O)[C@H](OC(=O)/C=C/c6ccc(O)c(O)c6)C(C)(C)[C@@H]5CC[C@]43C)[C@@H]2C1. The number of hydrogen-bond donors (Lipinski definition) is 4. The van der Waals surface area contributed by atoms with Crippen molar-refractivity contribution < 1.29 is 34.8 Å². The van der Waals surface area contributed by atoms with Crippen molar-refractivity contribution in [2.75, 3.05) is 0 Å². The molecule has 252 valence electrons. The first-order valence-corrected chi connectivity index (χ1v) is 17.3. The third-order valence-electron chi connectivity index (χ3n) is 14.6. The molecule has 0 radical (unpaired) electrons. The molecular weight excluding hydrogens is 580 g/mol. The predicted molar refractivity (Wildman–Crippen MR) is 177 cm³/mol. The van der Waals surface area contributed by atoms with Crippen LogP contribution in [0.1, 0.15) is 112 Å². The Balaban J connectivity index is 1.28. The number of carbonyl (C=O) groups excluding carboxylic acids is 1. The third-order valence-corrected chi connectivity index (χ3v) is 14.6. The molecule has 7 nitrogen and oxygen atoms in total. The third kappa shape index (κ3) is 4.69. The smallest absolute Gasteiger partial charge is 0.331 e. The number of carboxylic acids is 1. The van der Waals surface area contributed by atoms with Crippen LogP contribution in [0.4, 0.5) is 0 Å². The molecule has 4 fully saturated rings. The van der Waals surface area contributed by atoms with Crippen LogP contribution >= 0.6 is 0 Å². The minimum absolute atomic E-state index is 0.0354. The molecule has 1 aromatic rings. The number of allylic oxidation sites excluding steroid dienone is 2. The van der Waals surface area contributed by atoms with Gasteiger partial charge in [0.1, 0.15) is 6.10 Å². The van der Waals surface area contributed by atoms with E-state index in [0.29, 0.717) is 17.9 Å². The van der Waals surface area contributed by atoms with Crippen molar-refractivity contribution in [1.82, 2.24) is 0 Å². The van der Waals surface area contributed by atoms with E-state index >= 15 is 0 Å². The second-order valence-electron chi connectivity index (χ2n) is 17.7. The largest absolute Gasteiger partial charge is 0.504 e. The van der Waals surface area contributed by atoms with Crippen LogP contribution in [0.3, 0.4) is 0 Å². The maximum atomic E-state index is 13.0. The normalized spacial score (nSPS) is 42.5. The second kappa shape index (κ2) is 10.6. The molecule has 4 N–H and O–H groups in total. The van der Waals surface area contributed by atoms with Crippen molar-refractivity contribution in [2.45, 2.75) is 118 Å². The highest BCUT2D eigenvalue weighted by molar-refractivity contribution is 5.87. The predicted octanol–water partition coefficient (Wildman–Crippen LogP) is 7.88. The van der Waals surface area contributed by atoms with Crippen LogP contribution in [0.25, 0.3) is 6.08 Å². The number of aliphatic carboxylic acids is 1. The van der Waals surface area contributed by atoms with E-state index < -0.39 is 35.0 Å². The molecule has 0 heterocycles. The van der Waals surface area contributed by atoms with Gasteiger partial charge in [0.05, 0.1) is 11.5 Å². The number of rotatable bonds is 4. The number of carboxylic acid groups (broad SMARTS) is 1. The van der Waals surface area contributed by atoms with Gasteiger partial charge >= 0.3 is 11.9 Å². The number of benzene rings is 1. The van der Waals surface area contributed by atoms with E-state index in [0.717, 1.165) is 51.4 Å². The van der Waals surface area contributed by atoms with Gasteiger partial charge in [-0.3, -0.25) is 4.79 Å². The van der Waals surface area contributed by atoms with Crippen LogP contribution in [-0.2, 0) is 14.3 Å². The number of aliphatic hydroxyl groups is 1. The van der Waals surface area contributed by atoms with Crippen LogP contribution in [0.15, 0.2) is 35.9 Å². The van der Waals surface area contributed by atoms with Crippen molar-refractivity contribution in [1.29, 1.82) is 0 Å². The van der Waals surface area contributed by atoms with Gasteiger partial charge in [0.15, 0.2) is 11.5 Å². The van der Waals surface area contributed by atoms with Gasteiger partial charge in [-0.15, -0.1) is 0 Å². The molecule has 0 aromatic heterocycles. The zero-order valence-corrected chi connectivity index (χ0v) is 28.7. The van der Waals surface area contributed by atoms with Crippen LogP contribution in [-0.4, -0.2) is 44.6 Å². The number of phenols is 2. The molecule has 9 atom stereocenters. The summed E-state index contributed by atoms with van der Waals surface area (Å²) in [6.45, 7) is 16.1. The van der Waals surface area contributed by atoms with Gasteiger partial charge in [-0.05, 0) is 121 Å². The first-order valence-electron chi connectivity index (χ1n) is 17.3. The Labute approximate surface area is 274 Å². The summed E-state index contributed by atoms with van der Waals surface area (Å²) in [6.07, 6.45) is 11.4. The Morgan fingerprint density at radius 2 is 1.59 bits per heavy atom. The summed E-state index contributed by atoms with van der Waals surface area (Å²) in [6, 6.07) is 4.33. The highest BCUT2D eigenvalue weighted by Crippen LogP contribution is 2.75. The lowest BCUT2D eigenvalue weighted by Crippen LogP contribution is -2.67. The van der Waals surface area contributed by atoms with E-state index in [1.165, 1.54) is 29.9 Å². The minimum Gasteiger partial charge on any atom is -0.504 e. The molecule has 0 unspecified atom stereocenters. The molecule has 0 bridgehead atoms. The average molecular weight is 635 g/mol. The van der Waals surface area contributed by atoms with Gasteiger partial charge in [0, 0.05) is 11.5 Å². The number of ether oxygens (including phenoxy) is 1. The van der Waals surface area contributed by atoms with Gasteiger partial charge in [-0.1, -0.05) is 66.2 Å². The number of phenolic OH excluding ortho intramolecular Hbond substituents is 2. The lowest BCUT2D eigenvalue weighted by molar-refractivity contribution is -0.238. The Kier molecular flexibility index (Phi) is 7.63. The molecule has 7 heteroatoms. The fraction of sp³-hybridized carbons (Fsp3) is 0.692. The molecule has 0 saturated heterocycles. The first-order chi connectivity index (χ1) is 21.3. The van der Waals surface area contributed by atoms with Crippen molar-refractivity contribution in [2.24, 2.45) is 50.2 Å². The van der Waals surface area contributed by atoms with Gasteiger partial charge < -0.3 is 25.2 Å². The van der Waals surface area contributed by atoms with Crippen molar-refractivity contribution in [3.05, 3.63) is 41.5 Å². The van der Waals surface area contributed by atoms with E-state index in [1.807, 2.05) is 0 Å². The molecule has 6 rings (SSSR count). The maximum absolute atomic E-state index is 13.0. The van der Waals surface area contributed by atoms with Crippen LogP contribution in [0, 0.1) is 50.2 Å². The van der Waals surface area contributed by atoms with Crippen molar-refractivity contribution in [3.63, 3.8) is 0 Å². The highest BCUT2D eigenvalue weighted by atomic mass is 16.6. The number of carbonyl (C=O) groups is 2. The highest BCUT2D eigenvalue weighted by Gasteiger charge is 2.70. The quantitative estimate of drug-likeness (QED) is 0.115. The minimum atomic E-state index is -0.822. The fourth-order valence-electron chi connectivity index (χ4n) is 12.0. The van der Waals surface area contributed by atoms with Gasteiger partial charge in [-0.2, -0.15) is 0 Å². The lowest BCUT2D eigenvalue weighted by Gasteiger charge is -2.71. The summed E-state index contributed by atoms with van der Waals surface area (Å²) in [5, 5.41) is 41.7. The molecule has 0 amide bonds. The summed E-state index contributed by atoms with van der Waals surface area (Å²) < 4.78 is 6.01. The second-order valence-corrected chi connectivity index (χ2v) is 17.7. The first kappa shape index (κ1) is 33.1. The summed E-state index contributed by atoms with van der Waals surface area (Å²) >= 11 is 0. The molecule has 46 heavy (non-hydrogen) atoms. The zero-order chi connectivity index (χ0) is 33.7. The Morgan fingerprint density at radius 1 is 0.891 bits per heavy atom. The van der Waals surface area contributed by atoms with Crippen molar-refractivity contribution >= 4 is 18.0 Å². The molecule has 0 spiro atoms. The number of aromatic hydroxyl groups is 2. The topological polar surface area (TPSA) is 124 Å². The van der Waals surface area contributed by atoms with E-state index in [-0.39, 0.29) is 45.0 Å². The van der Waals surface area contributed by atoms with Crippen LogP contribution in [0.2, 0.25) is 0 Å². The monoisotopic (exact) mass is 634 g/mol. The Bertz CT molecular complexity index is 1490. The molecule has 5 aliphatic carbocycles. The summed E-state index contributed by atoms with van der Waals surface area (Å²) in [5.41, 5.74) is 0.601. The van der Waals surface area contributed by atoms with E-state index in [2.05, 4.69) is 54.5 Å². The lowest BCUT2D eigenvalue weighted by atomic mass is 9.33. The number of aliphatic hydroxyl groups excluding tert-OH is 1. The van der Waals surface area contributed by atoms with Crippen molar-refractivity contribution in [3.8, 4) is 11.5 Å². The molecule has 5 aliphatic rings. The van der Waals surface area contributed by atoms with Gasteiger partial charge in [0.2, 0.25) is 0 Å². The molecule has 4 saturated carbocycles. The van der Waals surface area contributed by atoms with E-state index in [9.17, 15) is 30.0 Å². The Hall–Kier alpha value is -2.80.